The molecule has 0 bridgehead atoms. The summed E-state index contributed by atoms with van der Waals surface area (Å²) in [4.78, 5) is 24.9. The predicted molar refractivity (Wildman–Crippen MR) is 124 cm³/mol. The lowest BCUT2D eigenvalue weighted by molar-refractivity contribution is -0.137. The number of nitrogens with one attached hydrogen (secondary N) is 3. The molecule has 0 saturated carbocycles. The summed E-state index contributed by atoms with van der Waals surface area (Å²) in [7, 11) is 0. The third-order valence-corrected chi connectivity index (χ3v) is 4.96. The number of anilines is 3. The molecule has 3 aromatic rings. The topological polar surface area (TPSA) is 70.2 Å². The Morgan fingerprint density at radius 3 is 2.06 bits per heavy atom. The van der Waals surface area contributed by atoms with Gasteiger partial charge in [0.15, 0.2) is 0 Å². The summed E-state index contributed by atoms with van der Waals surface area (Å²) in [5, 5.41) is 8.30. The van der Waals surface area contributed by atoms with Gasteiger partial charge in [-0.15, -0.1) is 0 Å². The van der Waals surface area contributed by atoms with E-state index < -0.39 is 17.6 Å². The summed E-state index contributed by atoms with van der Waals surface area (Å²) < 4.78 is 38.6. The first-order valence-electron chi connectivity index (χ1n) is 10.2. The van der Waals surface area contributed by atoms with Crippen molar-refractivity contribution >= 4 is 28.9 Å². The van der Waals surface area contributed by atoms with Gasteiger partial charge < -0.3 is 16.0 Å². The summed E-state index contributed by atoms with van der Waals surface area (Å²) in [5.74, 6) is -0.890. The number of carbonyl (C=O) groups excluding carboxylic acids is 2. The zero-order valence-electron chi connectivity index (χ0n) is 18.4. The largest absolute Gasteiger partial charge is 0.416 e. The lowest BCUT2D eigenvalue weighted by atomic mass is 10.1. The Hall–Kier alpha value is -3.81. The standard InChI is InChI=1S/C25H24F3N3O2/c1-15-10-16(2)23(17(3)11-15)29-14-22(32)30-20-8-4-6-18(12-20)24(33)31-21-9-5-7-19(13-21)25(26,27)28/h4-13,29H,14H2,1-3H3,(H,30,32)(H,31,33). The Bertz CT molecular complexity index is 1170. The fourth-order valence-corrected chi connectivity index (χ4v) is 3.55. The quantitative estimate of drug-likeness (QED) is 0.431. The molecular formula is C25H24F3N3O2. The SMILES string of the molecule is Cc1cc(C)c(NCC(=O)Nc2cccc(C(=O)Nc3cccc(C(F)(F)F)c3)c2)c(C)c1. The van der Waals surface area contributed by atoms with Crippen LogP contribution in [0.3, 0.4) is 0 Å². The van der Waals surface area contributed by atoms with Crippen molar-refractivity contribution < 1.29 is 22.8 Å². The first-order valence-corrected chi connectivity index (χ1v) is 10.2. The van der Waals surface area contributed by atoms with E-state index >= 15 is 0 Å². The highest BCUT2D eigenvalue weighted by atomic mass is 19.4. The third kappa shape index (κ3) is 6.35. The highest BCUT2D eigenvalue weighted by Gasteiger charge is 2.30. The molecule has 0 fully saturated rings. The van der Waals surface area contributed by atoms with E-state index in [2.05, 4.69) is 16.0 Å². The third-order valence-electron chi connectivity index (χ3n) is 4.96. The lowest BCUT2D eigenvalue weighted by Gasteiger charge is -2.14. The van der Waals surface area contributed by atoms with Crippen LogP contribution < -0.4 is 16.0 Å². The number of halogens is 3. The first kappa shape index (κ1) is 23.8. The normalized spacial score (nSPS) is 11.1. The summed E-state index contributed by atoms with van der Waals surface area (Å²) >= 11 is 0. The molecule has 3 rings (SSSR count). The molecule has 3 aromatic carbocycles. The van der Waals surface area contributed by atoms with Crippen LogP contribution in [0.4, 0.5) is 30.2 Å². The van der Waals surface area contributed by atoms with Crippen molar-refractivity contribution in [2.45, 2.75) is 26.9 Å². The molecule has 0 aliphatic heterocycles. The number of carbonyl (C=O) groups is 2. The predicted octanol–water partition coefficient (Wildman–Crippen LogP) is 5.93. The summed E-state index contributed by atoms with van der Waals surface area (Å²) in [6.07, 6.45) is -4.51. The summed E-state index contributed by atoms with van der Waals surface area (Å²) in [5.41, 5.74) is 3.87. The maximum atomic E-state index is 12.9. The molecule has 33 heavy (non-hydrogen) atoms. The van der Waals surface area contributed by atoms with Gasteiger partial charge in [0, 0.05) is 22.6 Å². The smallest absolute Gasteiger partial charge is 0.376 e. The molecule has 2 amide bonds. The van der Waals surface area contributed by atoms with Gasteiger partial charge in [-0.1, -0.05) is 29.8 Å². The van der Waals surface area contributed by atoms with Crippen LogP contribution in [0.5, 0.6) is 0 Å². The zero-order valence-corrected chi connectivity index (χ0v) is 18.4. The average molecular weight is 455 g/mol. The lowest BCUT2D eigenvalue weighted by Crippen LogP contribution is -2.22. The van der Waals surface area contributed by atoms with Crippen LogP contribution in [0.25, 0.3) is 0 Å². The molecule has 3 N–H and O–H groups in total. The van der Waals surface area contributed by atoms with Crippen molar-refractivity contribution in [2.75, 3.05) is 22.5 Å². The van der Waals surface area contributed by atoms with E-state index in [0.29, 0.717) is 5.69 Å². The van der Waals surface area contributed by atoms with Gasteiger partial charge in [-0.25, -0.2) is 0 Å². The van der Waals surface area contributed by atoms with Crippen LogP contribution in [0, 0.1) is 20.8 Å². The van der Waals surface area contributed by atoms with Crippen LogP contribution in [0.2, 0.25) is 0 Å². The van der Waals surface area contributed by atoms with Gasteiger partial charge in [0.05, 0.1) is 12.1 Å². The molecule has 0 spiro atoms. The van der Waals surface area contributed by atoms with E-state index in [1.54, 1.807) is 12.1 Å². The molecule has 172 valence electrons. The average Bonchev–Trinajstić information content (AvgIpc) is 2.72. The minimum absolute atomic E-state index is 0.0253. The van der Waals surface area contributed by atoms with Crippen LogP contribution in [0.15, 0.2) is 60.7 Å². The number of rotatable bonds is 6. The molecule has 8 heteroatoms. The Balaban J connectivity index is 1.64. The van der Waals surface area contributed by atoms with Gasteiger partial charge in [0.2, 0.25) is 5.91 Å². The van der Waals surface area contributed by atoms with Crippen molar-refractivity contribution in [2.24, 2.45) is 0 Å². The number of aryl methyl sites for hydroxylation is 3. The van der Waals surface area contributed by atoms with Gasteiger partial charge in [0.1, 0.15) is 0 Å². The van der Waals surface area contributed by atoms with E-state index in [0.717, 1.165) is 34.5 Å². The van der Waals surface area contributed by atoms with E-state index in [-0.39, 0.29) is 23.7 Å². The highest BCUT2D eigenvalue weighted by molar-refractivity contribution is 6.05. The van der Waals surface area contributed by atoms with Crippen LogP contribution >= 0.6 is 0 Å². The second-order valence-electron chi connectivity index (χ2n) is 7.79. The maximum Gasteiger partial charge on any atom is 0.416 e. The van der Waals surface area contributed by atoms with Gasteiger partial charge in [0.25, 0.3) is 5.91 Å². The molecule has 0 aliphatic rings. The van der Waals surface area contributed by atoms with E-state index in [9.17, 15) is 22.8 Å². The van der Waals surface area contributed by atoms with Crippen molar-refractivity contribution in [3.8, 4) is 0 Å². The Labute approximate surface area is 190 Å². The van der Waals surface area contributed by atoms with Crippen molar-refractivity contribution in [1.82, 2.24) is 0 Å². The molecule has 0 saturated heterocycles. The van der Waals surface area contributed by atoms with Crippen molar-refractivity contribution in [1.29, 1.82) is 0 Å². The number of alkyl halides is 3. The van der Waals surface area contributed by atoms with Gasteiger partial charge >= 0.3 is 6.18 Å². The first-order chi connectivity index (χ1) is 15.5. The highest BCUT2D eigenvalue weighted by Crippen LogP contribution is 2.30. The second-order valence-corrected chi connectivity index (χ2v) is 7.79. The van der Waals surface area contributed by atoms with Crippen LogP contribution in [-0.2, 0) is 11.0 Å². The van der Waals surface area contributed by atoms with E-state index in [1.165, 1.54) is 24.3 Å². The Morgan fingerprint density at radius 2 is 1.42 bits per heavy atom. The maximum absolute atomic E-state index is 12.9. The molecule has 0 aliphatic carbocycles. The minimum Gasteiger partial charge on any atom is -0.376 e. The Kier molecular flexibility index (Phi) is 7.06. The van der Waals surface area contributed by atoms with Crippen LogP contribution in [0.1, 0.15) is 32.6 Å². The van der Waals surface area contributed by atoms with E-state index in [4.69, 9.17) is 0 Å². The molecule has 0 radical (unpaired) electrons. The molecule has 0 unspecified atom stereocenters. The monoisotopic (exact) mass is 455 g/mol. The summed E-state index contributed by atoms with van der Waals surface area (Å²) in [6.45, 7) is 5.97. The van der Waals surface area contributed by atoms with Crippen molar-refractivity contribution in [3.05, 3.63) is 88.5 Å². The molecule has 0 heterocycles. The van der Waals surface area contributed by atoms with Gasteiger partial charge in [-0.05, 0) is 68.3 Å². The summed E-state index contributed by atoms with van der Waals surface area (Å²) in [6, 6.07) is 14.6. The minimum atomic E-state index is -4.51. The molecule has 0 aromatic heterocycles. The number of hydrogen-bond acceptors (Lipinski definition) is 3. The van der Waals surface area contributed by atoms with Crippen molar-refractivity contribution in [3.63, 3.8) is 0 Å². The fraction of sp³-hybridized carbons (Fsp3) is 0.200. The number of amides is 2. The van der Waals surface area contributed by atoms with Crippen LogP contribution in [-0.4, -0.2) is 18.4 Å². The molecule has 5 nitrogen and oxygen atoms in total. The molecular weight excluding hydrogens is 431 g/mol. The second kappa shape index (κ2) is 9.77. The fourth-order valence-electron chi connectivity index (χ4n) is 3.55. The van der Waals surface area contributed by atoms with E-state index in [1.807, 2.05) is 32.9 Å². The number of hydrogen-bond donors (Lipinski definition) is 3. The molecule has 0 atom stereocenters. The van der Waals surface area contributed by atoms with Gasteiger partial charge in [-0.2, -0.15) is 13.2 Å². The zero-order chi connectivity index (χ0) is 24.2. The Morgan fingerprint density at radius 1 is 0.818 bits per heavy atom. The van der Waals surface area contributed by atoms with Gasteiger partial charge in [-0.3, -0.25) is 9.59 Å². The number of benzene rings is 3.